The monoisotopic (exact) mass is 245 g/mol. The molecule has 1 aliphatic carbocycles. The van der Waals surface area contributed by atoms with Gasteiger partial charge in [-0.05, 0) is 48.2 Å². The van der Waals surface area contributed by atoms with Crippen molar-refractivity contribution in [2.24, 2.45) is 0 Å². The Kier molecular flexibility index (Phi) is 2.37. The third-order valence-electron chi connectivity index (χ3n) is 4.75. The molecule has 92 valence electrons. The minimum Gasteiger partial charge on any atom is -0.317 e. The SMILES string of the molecule is [B]c1ccc2c(c1)C1(CCNCC1)c1ccccc1-2. The Morgan fingerprint density at radius 3 is 2.47 bits per heavy atom. The normalized spacial score (nSPS) is 19.2. The number of nitrogens with one attached hydrogen (secondary N) is 1. The van der Waals surface area contributed by atoms with Crippen molar-refractivity contribution in [2.75, 3.05) is 13.1 Å². The molecule has 1 N–H and O–H groups in total. The fraction of sp³-hybridized carbons (Fsp3) is 0.294. The quantitative estimate of drug-likeness (QED) is 0.701. The number of rotatable bonds is 0. The lowest BCUT2D eigenvalue weighted by molar-refractivity contribution is 0.369. The van der Waals surface area contributed by atoms with Crippen LogP contribution in [-0.4, -0.2) is 20.9 Å². The highest BCUT2D eigenvalue weighted by Gasteiger charge is 2.43. The van der Waals surface area contributed by atoms with Crippen molar-refractivity contribution in [2.45, 2.75) is 18.3 Å². The minimum atomic E-state index is 0.187. The van der Waals surface area contributed by atoms with E-state index in [2.05, 4.69) is 41.7 Å². The van der Waals surface area contributed by atoms with E-state index in [-0.39, 0.29) is 5.41 Å². The summed E-state index contributed by atoms with van der Waals surface area (Å²) in [5, 5.41) is 3.48. The number of hydrogen-bond donors (Lipinski definition) is 1. The zero-order valence-corrected chi connectivity index (χ0v) is 10.9. The van der Waals surface area contributed by atoms with Gasteiger partial charge in [-0.15, -0.1) is 0 Å². The molecule has 1 saturated heterocycles. The van der Waals surface area contributed by atoms with Gasteiger partial charge in [0.25, 0.3) is 0 Å². The van der Waals surface area contributed by atoms with Gasteiger partial charge in [0.05, 0.1) is 0 Å². The first-order valence-corrected chi connectivity index (χ1v) is 7.02. The van der Waals surface area contributed by atoms with Crippen molar-refractivity contribution < 1.29 is 0 Å². The highest BCUT2D eigenvalue weighted by Crippen LogP contribution is 2.52. The molecule has 2 aromatic carbocycles. The van der Waals surface area contributed by atoms with Gasteiger partial charge in [0.2, 0.25) is 0 Å². The van der Waals surface area contributed by atoms with Crippen LogP contribution >= 0.6 is 0 Å². The molecular formula is C17H16BN. The van der Waals surface area contributed by atoms with E-state index >= 15 is 0 Å². The first kappa shape index (κ1) is 11.3. The minimum absolute atomic E-state index is 0.187. The molecule has 2 heteroatoms. The topological polar surface area (TPSA) is 12.0 Å². The molecule has 2 aliphatic rings. The van der Waals surface area contributed by atoms with Crippen molar-refractivity contribution in [1.29, 1.82) is 0 Å². The van der Waals surface area contributed by atoms with E-state index in [1.165, 1.54) is 35.1 Å². The van der Waals surface area contributed by atoms with Crippen LogP contribution in [0.25, 0.3) is 11.1 Å². The van der Waals surface area contributed by atoms with Gasteiger partial charge in [0.1, 0.15) is 7.85 Å². The lowest BCUT2D eigenvalue weighted by Gasteiger charge is -2.36. The van der Waals surface area contributed by atoms with Gasteiger partial charge >= 0.3 is 0 Å². The molecule has 0 atom stereocenters. The number of fused-ring (bicyclic) bond motifs is 5. The van der Waals surface area contributed by atoms with Crippen LogP contribution in [0.15, 0.2) is 42.5 Å². The lowest BCUT2D eigenvalue weighted by Crippen LogP contribution is -2.39. The Labute approximate surface area is 115 Å². The van der Waals surface area contributed by atoms with E-state index in [0.717, 1.165) is 18.6 Å². The zero-order chi connectivity index (χ0) is 12.9. The predicted molar refractivity (Wildman–Crippen MR) is 80.1 cm³/mol. The molecule has 0 aromatic heterocycles. The summed E-state index contributed by atoms with van der Waals surface area (Å²) in [5.41, 5.74) is 6.79. The molecule has 19 heavy (non-hydrogen) atoms. The molecule has 2 aromatic rings. The molecule has 4 rings (SSSR count). The lowest BCUT2D eigenvalue weighted by atomic mass is 9.70. The van der Waals surface area contributed by atoms with E-state index in [9.17, 15) is 0 Å². The molecule has 1 fully saturated rings. The summed E-state index contributed by atoms with van der Waals surface area (Å²) in [6, 6.07) is 15.3. The summed E-state index contributed by atoms with van der Waals surface area (Å²) in [6.45, 7) is 2.17. The van der Waals surface area contributed by atoms with E-state index < -0.39 is 0 Å². The molecule has 0 amide bonds. The van der Waals surface area contributed by atoms with Gasteiger partial charge < -0.3 is 5.32 Å². The van der Waals surface area contributed by atoms with Crippen LogP contribution in [-0.2, 0) is 5.41 Å². The molecule has 1 aliphatic heterocycles. The maximum absolute atomic E-state index is 6.04. The Balaban J connectivity index is 2.03. The summed E-state index contributed by atoms with van der Waals surface area (Å²) >= 11 is 0. The number of hydrogen-bond acceptors (Lipinski definition) is 1. The molecule has 1 nitrogen and oxygen atoms in total. The first-order valence-electron chi connectivity index (χ1n) is 7.02. The van der Waals surface area contributed by atoms with Gasteiger partial charge in [0, 0.05) is 5.41 Å². The van der Waals surface area contributed by atoms with Crippen LogP contribution in [0.4, 0.5) is 0 Å². The predicted octanol–water partition coefficient (Wildman–Crippen LogP) is 2.13. The molecule has 0 unspecified atom stereocenters. The molecule has 2 radical (unpaired) electrons. The highest BCUT2D eigenvalue weighted by molar-refractivity contribution is 6.32. The van der Waals surface area contributed by atoms with Crippen LogP contribution in [0.2, 0.25) is 0 Å². The summed E-state index contributed by atoms with van der Waals surface area (Å²) in [7, 11) is 6.04. The standard InChI is InChI=1S/C17H16BN/c18-12-5-6-14-13-3-1-2-4-15(13)17(16(14)11-12)7-9-19-10-8-17/h1-6,11,19H,7-10H2. The Morgan fingerprint density at radius 1 is 0.895 bits per heavy atom. The molecule has 1 spiro atoms. The molecule has 0 saturated carbocycles. The van der Waals surface area contributed by atoms with Gasteiger partial charge in [0.15, 0.2) is 0 Å². The third-order valence-corrected chi connectivity index (χ3v) is 4.75. The second kappa shape index (κ2) is 3.98. The second-order valence-electron chi connectivity index (χ2n) is 5.68. The van der Waals surface area contributed by atoms with Gasteiger partial charge in [-0.25, -0.2) is 0 Å². The third kappa shape index (κ3) is 1.47. The summed E-state index contributed by atoms with van der Waals surface area (Å²) in [5.74, 6) is 0. The van der Waals surface area contributed by atoms with Crippen molar-refractivity contribution in [3.05, 3.63) is 53.6 Å². The van der Waals surface area contributed by atoms with Crippen LogP contribution in [0.3, 0.4) is 0 Å². The van der Waals surface area contributed by atoms with Crippen molar-refractivity contribution in [3.63, 3.8) is 0 Å². The zero-order valence-electron chi connectivity index (χ0n) is 10.9. The van der Waals surface area contributed by atoms with Gasteiger partial charge in [-0.1, -0.05) is 47.9 Å². The summed E-state index contributed by atoms with van der Waals surface area (Å²) in [4.78, 5) is 0. The van der Waals surface area contributed by atoms with Crippen LogP contribution in [0, 0.1) is 0 Å². The van der Waals surface area contributed by atoms with E-state index in [0.29, 0.717) is 0 Å². The van der Waals surface area contributed by atoms with Crippen LogP contribution < -0.4 is 10.8 Å². The largest absolute Gasteiger partial charge is 0.317 e. The smallest absolute Gasteiger partial charge is 0.113 e. The number of benzene rings is 2. The van der Waals surface area contributed by atoms with E-state index in [1.807, 2.05) is 6.07 Å². The van der Waals surface area contributed by atoms with Gasteiger partial charge in [-0.2, -0.15) is 0 Å². The average molecular weight is 245 g/mol. The average Bonchev–Trinajstić information content (AvgIpc) is 2.71. The van der Waals surface area contributed by atoms with Crippen molar-refractivity contribution in [1.82, 2.24) is 5.32 Å². The highest BCUT2D eigenvalue weighted by atomic mass is 14.9. The maximum Gasteiger partial charge on any atom is 0.113 e. The summed E-state index contributed by atoms with van der Waals surface area (Å²) in [6.07, 6.45) is 2.33. The van der Waals surface area contributed by atoms with E-state index in [4.69, 9.17) is 7.85 Å². The maximum atomic E-state index is 6.04. The Bertz CT molecular complexity index is 641. The molecule has 0 bridgehead atoms. The fourth-order valence-electron chi connectivity index (χ4n) is 3.87. The van der Waals surface area contributed by atoms with Crippen LogP contribution in [0.5, 0.6) is 0 Å². The van der Waals surface area contributed by atoms with Gasteiger partial charge in [-0.3, -0.25) is 0 Å². The Hall–Kier alpha value is -1.54. The molecule has 1 heterocycles. The fourth-order valence-corrected chi connectivity index (χ4v) is 3.87. The van der Waals surface area contributed by atoms with Crippen LogP contribution in [0.1, 0.15) is 24.0 Å². The summed E-state index contributed by atoms with van der Waals surface area (Å²) < 4.78 is 0. The second-order valence-corrected chi connectivity index (χ2v) is 5.68. The van der Waals surface area contributed by atoms with Crippen molar-refractivity contribution >= 4 is 13.3 Å². The molecular weight excluding hydrogens is 229 g/mol. The first-order chi connectivity index (χ1) is 9.31. The number of piperidine rings is 1. The van der Waals surface area contributed by atoms with E-state index in [1.54, 1.807) is 0 Å². The Morgan fingerprint density at radius 2 is 1.63 bits per heavy atom. The van der Waals surface area contributed by atoms with Crippen molar-refractivity contribution in [3.8, 4) is 11.1 Å².